The van der Waals surface area contributed by atoms with Crippen LogP contribution in [0.4, 0.5) is 5.69 Å². The van der Waals surface area contributed by atoms with Crippen molar-refractivity contribution in [1.82, 2.24) is 4.31 Å². The number of carbonyl (C=O) groups is 1. The molecule has 2 aromatic carbocycles. The Morgan fingerprint density at radius 1 is 1.23 bits per heavy atom. The Labute approximate surface area is 164 Å². The van der Waals surface area contributed by atoms with Crippen molar-refractivity contribution in [2.45, 2.75) is 11.5 Å². The summed E-state index contributed by atoms with van der Waals surface area (Å²) in [5.74, 6) is -0.711. The van der Waals surface area contributed by atoms with Crippen molar-refractivity contribution < 1.29 is 22.9 Å². The maximum absolute atomic E-state index is 12.3. The minimum absolute atomic E-state index is 0.0229. The molecule has 0 bridgehead atoms. The van der Waals surface area contributed by atoms with Crippen LogP contribution in [-0.4, -0.2) is 37.7 Å². The second kappa shape index (κ2) is 8.10. The van der Waals surface area contributed by atoms with Gasteiger partial charge in [-0.2, -0.15) is 0 Å². The molecule has 2 aromatic rings. The van der Waals surface area contributed by atoms with Gasteiger partial charge in [0.25, 0.3) is 5.69 Å². The van der Waals surface area contributed by atoms with Gasteiger partial charge < -0.3 is 4.74 Å². The molecule has 0 spiro atoms. The number of esters is 1. The predicted molar refractivity (Wildman–Crippen MR) is 102 cm³/mol. The molecule has 0 heterocycles. The minimum atomic E-state index is -3.68. The van der Waals surface area contributed by atoms with E-state index in [0.717, 1.165) is 4.31 Å². The Bertz CT molecular complexity index is 959. The zero-order valence-electron chi connectivity index (χ0n) is 13.9. The summed E-state index contributed by atoms with van der Waals surface area (Å²) in [4.78, 5) is 22.6. The van der Waals surface area contributed by atoms with Crippen LogP contribution in [0.15, 0.2) is 47.4 Å². The summed E-state index contributed by atoms with van der Waals surface area (Å²) in [5, 5.41) is 10.8. The van der Waals surface area contributed by atoms with E-state index in [1.54, 1.807) is 6.07 Å². The SMILES string of the molecule is CN(C)S(=O)(=O)c1ccc(I)c(C(=O)OCc2cccc([N+](=O)[O-])c2)c1. The van der Waals surface area contributed by atoms with E-state index in [4.69, 9.17) is 4.74 Å². The van der Waals surface area contributed by atoms with Gasteiger partial charge in [0.1, 0.15) is 6.61 Å². The van der Waals surface area contributed by atoms with Crippen LogP contribution < -0.4 is 0 Å². The molecular weight excluding hydrogens is 475 g/mol. The fraction of sp³-hybridized carbons (Fsp3) is 0.188. The summed E-state index contributed by atoms with van der Waals surface area (Å²) in [7, 11) is -0.892. The van der Waals surface area contributed by atoms with Gasteiger partial charge in [-0.3, -0.25) is 10.1 Å². The Hall–Kier alpha value is -2.05. The van der Waals surface area contributed by atoms with Gasteiger partial charge in [0.2, 0.25) is 10.0 Å². The third-order valence-electron chi connectivity index (χ3n) is 3.43. The number of rotatable bonds is 6. The average molecular weight is 490 g/mol. The van der Waals surface area contributed by atoms with Gasteiger partial charge in [-0.1, -0.05) is 12.1 Å². The van der Waals surface area contributed by atoms with Gasteiger partial charge in [-0.15, -0.1) is 0 Å². The molecule has 138 valence electrons. The third-order valence-corrected chi connectivity index (χ3v) is 6.18. The maximum atomic E-state index is 12.3. The number of non-ortho nitro benzene ring substituents is 1. The van der Waals surface area contributed by atoms with Crippen LogP contribution in [0.5, 0.6) is 0 Å². The van der Waals surface area contributed by atoms with Crippen molar-refractivity contribution in [2.75, 3.05) is 14.1 Å². The second-order valence-electron chi connectivity index (χ2n) is 5.43. The number of carbonyl (C=O) groups excluding carboxylic acids is 1. The van der Waals surface area contributed by atoms with Crippen molar-refractivity contribution in [3.8, 4) is 0 Å². The molecule has 0 aromatic heterocycles. The largest absolute Gasteiger partial charge is 0.457 e. The lowest BCUT2D eigenvalue weighted by Crippen LogP contribution is -2.22. The Morgan fingerprint density at radius 2 is 1.92 bits per heavy atom. The summed E-state index contributed by atoms with van der Waals surface area (Å²) in [6, 6.07) is 9.92. The lowest BCUT2D eigenvalue weighted by Gasteiger charge is -2.13. The molecule has 0 atom stereocenters. The maximum Gasteiger partial charge on any atom is 0.339 e. The summed E-state index contributed by atoms with van der Waals surface area (Å²) in [6.07, 6.45) is 0. The highest BCUT2D eigenvalue weighted by Gasteiger charge is 2.21. The number of nitro benzene ring substituents is 1. The van der Waals surface area contributed by atoms with Crippen molar-refractivity contribution in [3.05, 3.63) is 67.3 Å². The lowest BCUT2D eigenvalue weighted by molar-refractivity contribution is -0.384. The zero-order valence-corrected chi connectivity index (χ0v) is 16.9. The molecule has 0 amide bonds. The number of hydrogen-bond acceptors (Lipinski definition) is 6. The summed E-state index contributed by atoms with van der Waals surface area (Å²) in [5.41, 5.74) is 0.464. The topological polar surface area (TPSA) is 107 Å². The molecule has 26 heavy (non-hydrogen) atoms. The number of ether oxygens (including phenoxy) is 1. The minimum Gasteiger partial charge on any atom is -0.457 e. The molecule has 0 radical (unpaired) electrons. The van der Waals surface area contributed by atoms with E-state index in [9.17, 15) is 23.3 Å². The quantitative estimate of drug-likeness (QED) is 0.267. The smallest absolute Gasteiger partial charge is 0.339 e. The first kappa shape index (κ1) is 20.3. The van der Waals surface area contributed by atoms with Crippen LogP contribution in [-0.2, 0) is 21.4 Å². The summed E-state index contributed by atoms with van der Waals surface area (Å²) in [6.45, 7) is -0.165. The lowest BCUT2D eigenvalue weighted by atomic mass is 10.2. The highest BCUT2D eigenvalue weighted by molar-refractivity contribution is 14.1. The fourth-order valence-electron chi connectivity index (χ4n) is 2.02. The van der Waals surface area contributed by atoms with Gasteiger partial charge in [-0.05, 0) is 46.4 Å². The van der Waals surface area contributed by atoms with Crippen LogP contribution in [0.25, 0.3) is 0 Å². The Kier molecular flexibility index (Phi) is 6.31. The normalized spacial score (nSPS) is 11.4. The number of nitrogens with zero attached hydrogens (tertiary/aromatic N) is 2. The van der Waals surface area contributed by atoms with Crippen LogP contribution in [0.2, 0.25) is 0 Å². The molecule has 0 saturated heterocycles. The summed E-state index contributed by atoms with van der Waals surface area (Å²) < 4.78 is 31.2. The Balaban J connectivity index is 2.22. The molecule has 0 saturated carbocycles. The van der Waals surface area contributed by atoms with Crippen LogP contribution in [0.3, 0.4) is 0 Å². The Morgan fingerprint density at radius 3 is 2.54 bits per heavy atom. The van der Waals surface area contributed by atoms with Crippen molar-refractivity contribution >= 4 is 44.3 Å². The third kappa shape index (κ3) is 4.56. The molecule has 0 fully saturated rings. The molecule has 10 heteroatoms. The fourth-order valence-corrected chi connectivity index (χ4v) is 3.50. The molecule has 0 N–H and O–H groups in total. The highest BCUT2D eigenvalue weighted by Crippen LogP contribution is 2.21. The molecule has 0 aliphatic carbocycles. The standard InChI is InChI=1S/C16H15IN2O6S/c1-18(2)26(23,24)13-6-7-15(17)14(9-13)16(20)25-10-11-4-3-5-12(8-11)19(21)22/h3-9H,10H2,1-2H3. The van der Waals surface area contributed by atoms with Gasteiger partial charge in [-0.25, -0.2) is 17.5 Å². The monoisotopic (exact) mass is 490 g/mol. The number of hydrogen-bond donors (Lipinski definition) is 0. The first-order chi connectivity index (χ1) is 12.1. The van der Waals surface area contributed by atoms with E-state index in [1.165, 1.54) is 50.5 Å². The first-order valence-electron chi connectivity index (χ1n) is 7.25. The van der Waals surface area contributed by atoms with Crippen molar-refractivity contribution in [1.29, 1.82) is 0 Å². The van der Waals surface area contributed by atoms with Crippen molar-refractivity contribution in [2.24, 2.45) is 0 Å². The predicted octanol–water partition coefficient (Wildman–Crippen LogP) is 2.81. The average Bonchev–Trinajstić information content (AvgIpc) is 2.60. The van der Waals surface area contributed by atoms with Gasteiger partial charge in [0.05, 0.1) is 15.4 Å². The molecule has 0 aliphatic heterocycles. The van der Waals surface area contributed by atoms with Gasteiger partial charge >= 0.3 is 5.97 Å². The number of benzene rings is 2. The van der Waals surface area contributed by atoms with Crippen molar-refractivity contribution in [3.63, 3.8) is 0 Å². The summed E-state index contributed by atoms with van der Waals surface area (Å²) >= 11 is 1.91. The van der Waals surface area contributed by atoms with E-state index < -0.39 is 20.9 Å². The van der Waals surface area contributed by atoms with E-state index in [0.29, 0.717) is 9.13 Å². The highest BCUT2D eigenvalue weighted by atomic mass is 127. The first-order valence-corrected chi connectivity index (χ1v) is 9.77. The number of nitro groups is 1. The molecule has 8 nitrogen and oxygen atoms in total. The number of halogens is 1. The van der Waals surface area contributed by atoms with E-state index in [1.807, 2.05) is 22.6 Å². The van der Waals surface area contributed by atoms with Crippen LogP contribution in [0, 0.1) is 13.7 Å². The van der Waals surface area contributed by atoms with Crippen LogP contribution >= 0.6 is 22.6 Å². The molecule has 0 aliphatic rings. The molecule has 2 rings (SSSR count). The second-order valence-corrected chi connectivity index (χ2v) is 8.75. The zero-order chi connectivity index (χ0) is 19.5. The number of sulfonamides is 1. The van der Waals surface area contributed by atoms with E-state index in [2.05, 4.69) is 0 Å². The molecular formula is C16H15IN2O6S. The van der Waals surface area contributed by atoms with E-state index >= 15 is 0 Å². The van der Waals surface area contributed by atoms with Crippen LogP contribution in [0.1, 0.15) is 15.9 Å². The van der Waals surface area contributed by atoms with E-state index in [-0.39, 0.29) is 22.8 Å². The van der Waals surface area contributed by atoms with Gasteiger partial charge in [0, 0.05) is 29.8 Å². The van der Waals surface area contributed by atoms with Gasteiger partial charge in [0.15, 0.2) is 0 Å². The molecule has 0 unspecified atom stereocenters.